The van der Waals surface area contributed by atoms with Gasteiger partial charge in [-0.05, 0) is 75.8 Å². The summed E-state index contributed by atoms with van der Waals surface area (Å²) in [6, 6.07) is 65.7. The molecule has 11 aromatic rings. The van der Waals surface area contributed by atoms with Gasteiger partial charge in [0.05, 0.1) is 5.56 Å². The van der Waals surface area contributed by atoms with E-state index in [1.54, 1.807) is 11.3 Å². The molecule has 8 aromatic carbocycles. The Hall–Kier alpha value is -7.21. The van der Waals surface area contributed by atoms with E-state index in [1.807, 2.05) is 42.5 Å². The van der Waals surface area contributed by atoms with E-state index in [0.717, 1.165) is 54.5 Å². The summed E-state index contributed by atoms with van der Waals surface area (Å²) in [5.41, 5.74) is 11.3. The van der Waals surface area contributed by atoms with Gasteiger partial charge in [0, 0.05) is 42.1 Å². The van der Waals surface area contributed by atoms with E-state index in [9.17, 15) is 0 Å². The molecule has 0 radical (unpaired) electrons. The number of hydrogen-bond donors (Lipinski definition) is 0. The van der Waals surface area contributed by atoms with Gasteiger partial charge >= 0.3 is 0 Å². The van der Waals surface area contributed by atoms with Gasteiger partial charge in [-0.25, -0.2) is 15.0 Å². The van der Waals surface area contributed by atoms with Gasteiger partial charge in [0.15, 0.2) is 17.5 Å². The molecule has 0 N–H and O–H groups in total. The van der Waals surface area contributed by atoms with Crippen LogP contribution in [0.2, 0.25) is 0 Å². The molecule has 11 rings (SSSR count). The molecule has 3 aromatic heterocycles. The number of benzene rings is 8. The van der Waals surface area contributed by atoms with Crippen LogP contribution in [0.5, 0.6) is 0 Å². The topological polar surface area (TPSA) is 51.8 Å². The molecule has 0 fully saturated rings. The second-order valence-electron chi connectivity index (χ2n) is 14.0. The zero-order valence-corrected chi connectivity index (χ0v) is 30.9. The van der Waals surface area contributed by atoms with Crippen LogP contribution in [-0.4, -0.2) is 15.0 Å². The SMILES string of the molecule is c1ccc(-c2cccc(-c3ccc4sc5c(-c6nc(-c7ccccc7)nc(-c7cccc8c7oc7cc(-c9ccccc9)ccc78)n6)cccc5c4c3)c2)cc1. The van der Waals surface area contributed by atoms with Crippen molar-refractivity contribution in [3.05, 3.63) is 188 Å². The number of para-hydroxylation sites is 1. The van der Waals surface area contributed by atoms with Gasteiger partial charge in [0.2, 0.25) is 0 Å². The summed E-state index contributed by atoms with van der Waals surface area (Å²) < 4.78 is 9.04. The molecular formula is C51H31N3OS. The van der Waals surface area contributed by atoms with Crippen LogP contribution < -0.4 is 0 Å². The van der Waals surface area contributed by atoms with E-state index in [-0.39, 0.29) is 0 Å². The number of thiophene rings is 1. The Morgan fingerprint density at radius 1 is 0.339 bits per heavy atom. The molecule has 0 saturated carbocycles. The number of rotatable bonds is 6. The Bertz CT molecular complexity index is 3240. The molecule has 0 aliphatic heterocycles. The molecule has 0 aliphatic rings. The van der Waals surface area contributed by atoms with Crippen LogP contribution in [0.4, 0.5) is 0 Å². The molecule has 0 amide bonds. The van der Waals surface area contributed by atoms with Gasteiger partial charge in [-0.2, -0.15) is 0 Å². The van der Waals surface area contributed by atoms with Crippen molar-refractivity contribution in [2.75, 3.05) is 0 Å². The first-order valence-corrected chi connectivity index (χ1v) is 19.5. The van der Waals surface area contributed by atoms with Crippen LogP contribution in [0, 0.1) is 0 Å². The predicted molar refractivity (Wildman–Crippen MR) is 233 cm³/mol. The number of furan rings is 1. The number of nitrogens with zero attached hydrogens (tertiary/aromatic N) is 3. The van der Waals surface area contributed by atoms with Gasteiger partial charge in [-0.15, -0.1) is 11.3 Å². The maximum atomic E-state index is 6.68. The van der Waals surface area contributed by atoms with E-state index >= 15 is 0 Å². The van der Waals surface area contributed by atoms with Crippen molar-refractivity contribution in [2.45, 2.75) is 0 Å². The maximum Gasteiger partial charge on any atom is 0.167 e. The lowest BCUT2D eigenvalue weighted by Crippen LogP contribution is -2.00. The lowest BCUT2D eigenvalue weighted by Gasteiger charge is -2.09. The maximum absolute atomic E-state index is 6.68. The van der Waals surface area contributed by atoms with Crippen molar-refractivity contribution >= 4 is 53.4 Å². The minimum Gasteiger partial charge on any atom is -0.455 e. The van der Waals surface area contributed by atoms with Crippen molar-refractivity contribution < 1.29 is 4.42 Å². The third-order valence-corrected chi connectivity index (χ3v) is 11.8. The third kappa shape index (κ3) is 5.56. The standard InChI is InChI=1S/C51H31N3OS/c1-4-13-32(14-5-1)35-19-10-20-36(29-35)37-26-28-46-44(30-37)41-22-12-24-43(48(41)56-46)51-53-49(34-17-8-3-9-18-34)52-50(54-51)42-23-11-21-40-39-27-25-38(31-45(39)55-47(40)42)33-15-6-2-7-16-33/h1-31H. The summed E-state index contributed by atoms with van der Waals surface area (Å²) >= 11 is 1.78. The highest BCUT2D eigenvalue weighted by molar-refractivity contribution is 7.26. The molecule has 0 bridgehead atoms. The fraction of sp³-hybridized carbons (Fsp3) is 0. The summed E-state index contributed by atoms with van der Waals surface area (Å²) in [7, 11) is 0. The van der Waals surface area contributed by atoms with Crippen LogP contribution in [0.15, 0.2) is 192 Å². The van der Waals surface area contributed by atoms with Gasteiger partial charge in [0.25, 0.3) is 0 Å². The molecular weight excluding hydrogens is 703 g/mol. The molecule has 262 valence electrons. The molecule has 0 spiro atoms. The quantitative estimate of drug-likeness (QED) is 0.171. The van der Waals surface area contributed by atoms with Crippen LogP contribution in [-0.2, 0) is 0 Å². The molecule has 3 heterocycles. The normalized spacial score (nSPS) is 11.6. The average Bonchev–Trinajstić information content (AvgIpc) is 3.85. The monoisotopic (exact) mass is 733 g/mol. The van der Waals surface area contributed by atoms with Crippen LogP contribution >= 0.6 is 11.3 Å². The van der Waals surface area contributed by atoms with Gasteiger partial charge in [0.1, 0.15) is 11.2 Å². The van der Waals surface area contributed by atoms with E-state index in [2.05, 4.69) is 146 Å². The predicted octanol–water partition coefficient (Wildman–Crippen LogP) is 14.1. The first-order chi connectivity index (χ1) is 27.7. The van der Waals surface area contributed by atoms with Gasteiger partial charge in [-0.3, -0.25) is 0 Å². The zero-order chi connectivity index (χ0) is 37.0. The molecule has 4 nitrogen and oxygen atoms in total. The van der Waals surface area contributed by atoms with Crippen molar-refractivity contribution in [1.29, 1.82) is 0 Å². The fourth-order valence-electron chi connectivity index (χ4n) is 7.78. The van der Waals surface area contributed by atoms with Crippen molar-refractivity contribution in [2.24, 2.45) is 0 Å². The molecule has 0 unspecified atom stereocenters. The van der Waals surface area contributed by atoms with E-state index in [0.29, 0.717) is 17.5 Å². The average molecular weight is 734 g/mol. The Kier molecular flexibility index (Phi) is 7.64. The first-order valence-electron chi connectivity index (χ1n) is 18.7. The van der Waals surface area contributed by atoms with E-state index in [4.69, 9.17) is 19.4 Å². The lowest BCUT2D eigenvalue weighted by molar-refractivity contribution is 0.669. The molecule has 5 heteroatoms. The number of fused-ring (bicyclic) bond motifs is 6. The molecule has 0 saturated heterocycles. The molecule has 0 atom stereocenters. The van der Waals surface area contributed by atoms with Crippen LogP contribution in [0.3, 0.4) is 0 Å². The van der Waals surface area contributed by atoms with Crippen molar-refractivity contribution in [1.82, 2.24) is 15.0 Å². The summed E-state index contributed by atoms with van der Waals surface area (Å²) in [6.07, 6.45) is 0. The van der Waals surface area contributed by atoms with Crippen LogP contribution in [0.1, 0.15) is 0 Å². The summed E-state index contributed by atoms with van der Waals surface area (Å²) in [5.74, 6) is 1.81. The second kappa shape index (κ2) is 13.3. The number of aromatic nitrogens is 3. The van der Waals surface area contributed by atoms with E-state index in [1.165, 1.54) is 37.7 Å². The summed E-state index contributed by atoms with van der Waals surface area (Å²) in [5, 5.41) is 4.48. The number of hydrogen-bond acceptors (Lipinski definition) is 5. The van der Waals surface area contributed by atoms with Gasteiger partial charge in [-0.1, -0.05) is 146 Å². The molecule has 0 aliphatic carbocycles. The third-order valence-electron chi connectivity index (χ3n) is 10.6. The second-order valence-corrected chi connectivity index (χ2v) is 15.0. The highest BCUT2D eigenvalue weighted by Gasteiger charge is 2.20. The highest BCUT2D eigenvalue weighted by Crippen LogP contribution is 2.42. The van der Waals surface area contributed by atoms with Crippen LogP contribution in [0.25, 0.3) is 110 Å². The minimum absolute atomic E-state index is 0.570. The first kappa shape index (κ1) is 32.2. The highest BCUT2D eigenvalue weighted by atomic mass is 32.1. The Balaban J connectivity index is 1.06. The Morgan fingerprint density at radius 3 is 1.61 bits per heavy atom. The largest absolute Gasteiger partial charge is 0.455 e. The van der Waals surface area contributed by atoms with Crippen molar-refractivity contribution in [3.63, 3.8) is 0 Å². The van der Waals surface area contributed by atoms with E-state index < -0.39 is 0 Å². The Labute approximate surface area is 327 Å². The zero-order valence-electron chi connectivity index (χ0n) is 30.1. The lowest BCUT2D eigenvalue weighted by atomic mass is 9.98. The molecule has 56 heavy (non-hydrogen) atoms. The van der Waals surface area contributed by atoms with Crippen molar-refractivity contribution in [3.8, 4) is 67.5 Å². The minimum atomic E-state index is 0.570. The Morgan fingerprint density at radius 2 is 0.875 bits per heavy atom. The summed E-state index contributed by atoms with van der Waals surface area (Å²) in [6.45, 7) is 0. The van der Waals surface area contributed by atoms with Gasteiger partial charge < -0.3 is 4.42 Å². The smallest absolute Gasteiger partial charge is 0.167 e. The fourth-order valence-corrected chi connectivity index (χ4v) is 8.97. The summed E-state index contributed by atoms with van der Waals surface area (Å²) in [4.78, 5) is 15.5.